The molecule has 0 spiro atoms. The van der Waals surface area contributed by atoms with Crippen LogP contribution in [0.2, 0.25) is 0 Å². The fraction of sp³-hybridized carbons (Fsp3) is 0.857. The molecule has 0 saturated carbocycles. The molecule has 2 amide bonds. The lowest BCUT2D eigenvalue weighted by Crippen LogP contribution is -2.48. The maximum atomic E-state index is 12.7. The van der Waals surface area contributed by atoms with E-state index < -0.39 is 18.5 Å². The molecule has 1 fully saturated rings. The number of alkyl halides is 2. The van der Waals surface area contributed by atoms with Gasteiger partial charge in [-0.2, -0.15) is 0 Å². The van der Waals surface area contributed by atoms with Crippen LogP contribution in [0.4, 0.5) is 13.6 Å². The summed E-state index contributed by atoms with van der Waals surface area (Å²) in [5, 5.41) is 2.33. The molecule has 1 aliphatic heterocycles. The van der Waals surface area contributed by atoms with Crippen molar-refractivity contribution < 1.29 is 13.6 Å². The largest absolute Gasteiger partial charge is 0.341 e. The summed E-state index contributed by atoms with van der Waals surface area (Å²) in [6.45, 7) is -0.0259. The number of piperidine rings is 1. The molecule has 1 saturated heterocycles. The molecular formula is C7H12F2N2O. The number of nitrogens with zero attached hydrogens (tertiary/aromatic N) is 1. The number of rotatable bonds is 0. The van der Waals surface area contributed by atoms with Crippen molar-refractivity contribution in [1.82, 2.24) is 10.2 Å². The molecule has 0 radical (unpaired) electrons. The predicted octanol–water partition coefficient (Wildman–Crippen LogP) is 1.06. The van der Waals surface area contributed by atoms with Crippen LogP contribution in [0, 0.1) is 0 Å². The van der Waals surface area contributed by atoms with Crippen LogP contribution < -0.4 is 5.32 Å². The van der Waals surface area contributed by atoms with Gasteiger partial charge in [0.1, 0.15) is 0 Å². The van der Waals surface area contributed by atoms with Crippen LogP contribution in [-0.2, 0) is 0 Å². The Balaban J connectivity index is 2.52. The van der Waals surface area contributed by atoms with Crippen molar-refractivity contribution in [2.75, 3.05) is 20.1 Å². The zero-order valence-corrected chi connectivity index (χ0v) is 6.94. The molecule has 0 aliphatic carbocycles. The molecule has 0 unspecified atom stereocenters. The lowest BCUT2D eigenvalue weighted by atomic mass is 10.1. The van der Waals surface area contributed by atoms with E-state index in [1.165, 1.54) is 7.05 Å². The van der Waals surface area contributed by atoms with Crippen LogP contribution in [0.15, 0.2) is 0 Å². The number of hydrogen-bond acceptors (Lipinski definition) is 1. The van der Waals surface area contributed by atoms with Crippen molar-refractivity contribution in [3.8, 4) is 0 Å². The minimum Gasteiger partial charge on any atom is -0.341 e. The molecule has 0 atom stereocenters. The summed E-state index contributed by atoms with van der Waals surface area (Å²) in [7, 11) is 1.44. The average Bonchev–Trinajstić information content (AvgIpc) is 2.01. The highest BCUT2D eigenvalue weighted by Crippen LogP contribution is 2.26. The molecule has 1 aliphatic rings. The Morgan fingerprint density at radius 3 is 2.75 bits per heavy atom. The van der Waals surface area contributed by atoms with Crippen molar-refractivity contribution in [2.24, 2.45) is 0 Å². The summed E-state index contributed by atoms with van der Waals surface area (Å²) >= 11 is 0. The van der Waals surface area contributed by atoms with Gasteiger partial charge in [-0.25, -0.2) is 13.6 Å². The third-order valence-corrected chi connectivity index (χ3v) is 1.89. The fourth-order valence-corrected chi connectivity index (χ4v) is 1.30. The smallest absolute Gasteiger partial charge is 0.317 e. The highest BCUT2D eigenvalue weighted by Gasteiger charge is 2.36. The summed E-state index contributed by atoms with van der Waals surface area (Å²) < 4.78 is 25.5. The summed E-state index contributed by atoms with van der Waals surface area (Å²) in [4.78, 5) is 12.1. The van der Waals surface area contributed by atoms with Gasteiger partial charge >= 0.3 is 6.03 Å². The second-order valence-electron chi connectivity index (χ2n) is 2.94. The molecule has 12 heavy (non-hydrogen) atoms. The standard InChI is InChI=1S/C7H12F2N2O/c1-10-6(12)11-4-2-3-7(8,9)5-11/h2-5H2,1H3,(H,10,12). The number of hydrogen-bond donors (Lipinski definition) is 1. The Kier molecular flexibility index (Phi) is 2.49. The van der Waals surface area contributed by atoms with Gasteiger partial charge in [0.25, 0.3) is 5.92 Å². The highest BCUT2D eigenvalue weighted by atomic mass is 19.3. The monoisotopic (exact) mass is 178 g/mol. The second-order valence-corrected chi connectivity index (χ2v) is 2.94. The van der Waals surface area contributed by atoms with E-state index in [1.54, 1.807) is 0 Å². The van der Waals surface area contributed by atoms with E-state index in [0.29, 0.717) is 13.0 Å². The molecule has 0 bridgehead atoms. The molecule has 0 aromatic carbocycles. The van der Waals surface area contributed by atoms with E-state index in [4.69, 9.17) is 0 Å². The Morgan fingerprint density at radius 2 is 2.25 bits per heavy atom. The molecule has 3 nitrogen and oxygen atoms in total. The summed E-state index contributed by atoms with van der Waals surface area (Å²) in [6.07, 6.45) is 0.265. The fourth-order valence-electron chi connectivity index (χ4n) is 1.30. The van der Waals surface area contributed by atoms with Crippen LogP contribution in [-0.4, -0.2) is 37.0 Å². The minimum absolute atomic E-state index is 0.111. The average molecular weight is 178 g/mol. The van der Waals surface area contributed by atoms with Gasteiger partial charge in [-0.05, 0) is 6.42 Å². The van der Waals surface area contributed by atoms with Gasteiger partial charge in [-0.1, -0.05) is 0 Å². The van der Waals surface area contributed by atoms with Gasteiger partial charge in [0.05, 0.1) is 6.54 Å². The Labute approximate surface area is 69.7 Å². The van der Waals surface area contributed by atoms with Gasteiger partial charge in [-0.3, -0.25) is 0 Å². The Bertz CT molecular complexity index is 184. The maximum absolute atomic E-state index is 12.7. The molecule has 1 rings (SSSR count). The molecule has 5 heteroatoms. The van der Waals surface area contributed by atoms with Crippen LogP contribution in [0.5, 0.6) is 0 Å². The number of halogens is 2. The quantitative estimate of drug-likeness (QED) is 0.591. The zero-order valence-electron chi connectivity index (χ0n) is 6.94. The van der Waals surface area contributed by atoms with Crippen LogP contribution in [0.3, 0.4) is 0 Å². The first kappa shape index (κ1) is 9.22. The van der Waals surface area contributed by atoms with Crippen LogP contribution >= 0.6 is 0 Å². The number of carbonyl (C=O) groups excluding carboxylic acids is 1. The van der Waals surface area contributed by atoms with E-state index >= 15 is 0 Å². The van der Waals surface area contributed by atoms with Crippen molar-refractivity contribution >= 4 is 6.03 Å². The van der Waals surface area contributed by atoms with Crippen molar-refractivity contribution in [3.05, 3.63) is 0 Å². The lowest BCUT2D eigenvalue weighted by Gasteiger charge is -2.31. The zero-order chi connectivity index (χ0) is 9.19. The second kappa shape index (κ2) is 3.25. The number of amides is 2. The van der Waals surface area contributed by atoms with Gasteiger partial charge in [-0.15, -0.1) is 0 Å². The predicted molar refractivity (Wildman–Crippen MR) is 40.2 cm³/mol. The number of nitrogens with one attached hydrogen (secondary N) is 1. The number of likely N-dealkylation sites (tertiary alicyclic amines) is 1. The summed E-state index contributed by atoms with van der Waals surface area (Å²) in [5.74, 6) is -2.70. The topological polar surface area (TPSA) is 32.3 Å². The first-order valence-corrected chi connectivity index (χ1v) is 3.90. The third kappa shape index (κ3) is 2.06. The minimum atomic E-state index is -2.70. The molecule has 0 aromatic heterocycles. The van der Waals surface area contributed by atoms with Gasteiger partial charge in [0.15, 0.2) is 0 Å². The van der Waals surface area contributed by atoms with E-state index in [9.17, 15) is 13.6 Å². The van der Waals surface area contributed by atoms with E-state index in [-0.39, 0.29) is 6.42 Å². The third-order valence-electron chi connectivity index (χ3n) is 1.89. The van der Waals surface area contributed by atoms with E-state index in [0.717, 1.165) is 4.90 Å². The van der Waals surface area contributed by atoms with E-state index in [2.05, 4.69) is 5.32 Å². The lowest BCUT2D eigenvalue weighted by molar-refractivity contribution is -0.0521. The Hall–Kier alpha value is -0.870. The Morgan fingerprint density at radius 1 is 1.58 bits per heavy atom. The van der Waals surface area contributed by atoms with Crippen molar-refractivity contribution in [1.29, 1.82) is 0 Å². The SMILES string of the molecule is CNC(=O)N1CCCC(F)(F)C1. The van der Waals surface area contributed by atoms with Crippen molar-refractivity contribution in [2.45, 2.75) is 18.8 Å². The van der Waals surface area contributed by atoms with Gasteiger partial charge < -0.3 is 10.2 Å². The molecule has 70 valence electrons. The molecule has 0 aromatic rings. The van der Waals surface area contributed by atoms with E-state index in [1.807, 2.05) is 0 Å². The molecular weight excluding hydrogens is 166 g/mol. The highest BCUT2D eigenvalue weighted by molar-refractivity contribution is 5.73. The van der Waals surface area contributed by atoms with Crippen molar-refractivity contribution in [3.63, 3.8) is 0 Å². The number of carbonyl (C=O) groups is 1. The summed E-state index contributed by atoms with van der Waals surface area (Å²) in [6, 6.07) is -0.422. The molecule has 1 N–H and O–H groups in total. The first-order valence-electron chi connectivity index (χ1n) is 3.90. The summed E-state index contributed by atoms with van der Waals surface area (Å²) in [5.41, 5.74) is 0. The van der Waals surface area contributed by atoms with Crippen LogP contribution in [0.25, 0.3) is 0 Å². The van der Waals surface area contributed by atoms with Gasteiger partial charge in [0.2, 0.25) is 0 Å². The normalized spacial score (nSPS) is 22.1. The first-order chi connectivity index (χ1) is 5.55. The van der Waals surface area contributed by atoms with Gasteiger partial charge in [0, 0.05) is 20.0 Å². The van der Waals surface area contributed by atoms with Crippen LogP contribution in [0.1, 0.15) is 12.8 Å². The number of urea groups is 1. The molecule has 1 heterocycles. The maximum Gasteiger partial charge on any atom is 0.317 e.